The van der Waals surface area contributed by atoms with Crippen LogP contribution in [0.25, 0.3) is 23.1 Å². The molecule has 1 saturated heterocycles. The highest BCUT2D eigenvalue weighted by Crippen LogP contribution is 2.20. The fourth-order valence-electron chi connectivity index (χ4n) is 4.09. The maximum Gasteiger partial charge on any atom is 0.240 e. The summed E-state index contributed by atoms with van der Waals surface area (Å²) in [7, 11) is -3.54. The molecule has 2 aromatic carbocycles. The maximum absolute atomic E-state index is 12.5. The van der Waals surface area contributed by atoms with Crippen LogP contribution in [0.2, 0.25) is 0 Å². The summed E-state index contributed by atoms with van der Waals surface area (Å²) in [4.78, 5) is 11.2. The molecule has 9 nitrogen and oxygen atoms in total. The Hall–Kier alpha value is -3.60. The van der Waals surface area contributed by atoms with Gasteiger partial charge in [0.05, 0.1) is 16.6 Å². The van der Waals surface area contributed by atoms with Gasteiger partial charge in [0.15, 0.2) is 0 Å². The molecule has 5 rings (SSSR count). The smallest absolute Gasteiger partial charge is 0.240 e. The van der Waals surface area contributed by atoms with Gasteiger partial charge >= 0.3 is 0 Å². The van der Waals surface area contributed by atoms with Crippen LogP contribution in [0.5, 0.6) is 0 Å². The Morgan fingerprint density at radius 2 is 1.74 bits per heavy atom. The third-order valence-corrected chi connectivity index (χ3v) is 7.46. The highest BCUT2D eigenvalue weighted by Gasteiger charge is 2.16. The van der Waals surface area contributed by atoms with Gasteiger partial charge in [-0.15, -0.1) is 0 Å². The Morgan fingerprint density at radius 3 is 2.51 bits per heavy atom. The van der Waals surface area contributed by atoms with E-state index in [9.17, 15) is 8.42 Å². The highest BCUT2D eigenvalue weighted by molar-refractivity contribution is 7.89. The van der Waals surface area contributed by atoms with Gasteiger partial charge in [0.25, 0.3) is 0 Å². The monoisotopic (exact) mass is 489 g/mol. The third kappa shape index (κ3) is 5.73. The Balaban J connectivity index is 1.17. The molecule has 0 spiro atoms. The zero-order chi connectivity index (χ0) is 24.1. The Kier molecular flexibility index (Phi) is 6.84. The minimum atomic E-state index is -3.54. The Labute approximate surface area is 204 Å². The van der Waals surface area contributed by atoms with Crippen LogP contribution in [0.1, 0.15) is 24.0 Å². The third-order valence-electron chi connectivity index (χ3n) is 5.99. The van der Waals surface area contributed by atoms with Crippen LogP contribution in [-0.4, -0.2) is 59.7 Å². The normalized spacial score (nSPS) is 14.7. The van der Waals surface area contributed by atoms with Crippen molar-refractivity contribution in [2.75, 3.05) is 31.5 Å². The number of sulfonamides is 1. The minimum absolute atomic E-state index is 0.235. The number of fused-ring (bicyclic) bond motifs is 1. The first-order valence-electron chi connectivity index (χ1n) is 11.6. The van der Waals surface area contributed by atoms with Gasteiger partial charge in [0.2, 0.25) is 16.0 Å². The van der Waals surface area contributed by atoms with E-state index in [1.807, 2.05) is 30.4 Å². The lowest BCUT2D eigenvalue weighted by Gasteiger charge is -2.15. The van der Waals surface area contributed by atoms with E-state index in [1.165, 1.54) is 12.8 Å². The van der Waals surface area contributed by atoms with Crippen LogP contribution in [0, 0.1) is 0 Å². The van der Waals surface area contributed by atoms with E-state index in [0.29, 0.717) is 18.2 Å². The van der Waals surface area contributed by atoms with E-state index >= 15 is 0 Å². The molecule has 3 heterocycles. The summed E-state index contributed by atoms with van der Waals surface area (Å²) in [6.45, 7) is 3.24. The minimum Gasteiger partial charge on any atom is -0.324 e. The fourth-order valence-corrected chi connectivity index (χ4v) is 5.11. The lowest BCUT2D eigenvalue weighted by Crippen LogP contribution is -2.33. The number of nitrogens with zero attached hydrogens (tertiary/aromatic N) is 4. The molecule has 0 unspecified atom stereocenters. The molecule has 0 radical (unpaired) electrons. The van der Waals surface area contributed by atoms with Crippen molar-refractivity contribution in [3.8, 4) is 0 Å². The first-order chi connectivity index (χ1) is 17.1. The van der Waals surface area contributed by atoms with Crippen molar-refractivity contribution in [2.24, 2.45) is 0 Å². The molecule has 0 saturated carbocycles. The molecule has 0 amide bonds. The van der Waals surface area contributed by atoms with Crippen LogP contribution in [0.15, 0.2) is 66.0 Å². The quantitative estimate of drug-likeness (QED) is 0.329. The van der Waals surface area contributed by atoms with Gasteiger partial charge in [-0.05, 0) is 61.8 Å². The van der Waals surface area contributed by atoms with Crippen LogP contribution in [0.4, 0.5) is 11.6 Å². The second-order valence-electron chi connectivity index (χ2n) is 8.45. The first kappa shape index (κ1) is 23.2. The van der Waals surface area contributed by atoms with Crippen molar-refractivity contribution in [3.05, 3.63) is 72.2 Å². The van der Waals surface area contributed by atoms with E-state index in [-0.39, 0.29) is 4.90 Å². The zero-order valence-corrected chi connectivity index (χ0v) is 20.0. The number of hydrogen-bond acceptors (Lipinski definition) is 7. The van der Waals surface area contributed by atoms with Gasteiger partial charge in [-0.25, -0.2) is 23.1 Å². The van der Waals surface area contributed by atoms with Crippen molar-refractivity contribution in [3.63, 3.8) is 0 Å². The van der Waals surface area contributed by atoms with Gasteiger partial charge in [-0.1, -0.05) is 24.3 Å². The van der Waals surface area contributed by atoms with E-state index in [4.69, 9.17) is 0 Å². The molecule has 180 valence electrons. The number of anilines is 2. The van der Waals surface area contributed by atoms with Crippen LogP contribution in [0.3, 0.4) is 0 Å². The average Bonchev–Trinajstić information content (AvgIpc) is 3.56. The molecular weight excluding hydrogens is 462 g/mol. The number of hydrogen-bond donors (Lipinski definition) is 3. The van der Waals surface area contributed by atoms with E-state index in [1.54, 1.807) is 42.9 Å². The summed E-state index contributed by atoms with van der Waals surface area (Å²) >= 11 is 0. The average molecular weight is 490 g/mol. The number of nitrogens with one attached hydrogen (secondary N) is 3. The molecular formula is C25H27N7O2S. The van der Waals surface area contributed by atoms with E-state index in [2.05, 4.69) is 35.1 Å². The molecule has 2 aromatic heterocycles. The summed E-state index contributed by atoms with van der Waals surface area (Å²) in [6, 6.07) is 12.6. The van der Waals surface area contributed by atoms with Gasteiger partial charge in [-0.3, -0.25) is 5.10 Å². The van der Waals surface area contributed by atoms with E-state index < -0.39 is 10.0 Å². The zero-order valence-electron chi connectivity index (χ0n) is 19.2. The highest BCUT2D eigenvalue weighted by atomic mass is 32.2. The summed E-state index contributed by atoms with van der Waals surface area (Å²) in [5.41, 5.74) is 3.60. The molecule has 0 bridgehead atoms. The molecule has 35 heavy (non-hydrogen) atoms. The number of likely N-dealkylation sites (tertiary alicyclic amines) is 1. The number of rotatable bonds is 9. The lowest BCUT2D eigenvalue weighted by molar-refractivity contribution is 0.344. The second-order valence-corrected chi connectivity index (χ2v) is 10.2. The van der Waals surface area contributed by atoms with Crippen molar-refractivity contribution in [2.45, 2.75) is 17.7 Å². The van der Waals surface area contributed by atoms with E-state index in [0.717, 1.165) is 41.7 Å². The molecule has 3 N–H and O–H groups in total. The molecule has 1 aliphatic heterocycles. The van der Waals surface area contributed by atoms with Crippen LogP contribution >= 0.6 is 0 Å². The molecule has 0 atom stereocenters. The topological polar surface area (TPSA) is 116 Å². The number of aromatic nitrogens is 4. The van der Waals surface area contributed by atoms with Crippen LogP contribution in [-0.2, 0) is 10.0 Å². The van der Waals surface area contributed by atoms with Crippen molar-refractivity contribution < 1.29 is 8.42 Å². The second kappa shape index (κ2) is 10.3. The summed E-state index contributed by atoms with van der Waals surface area (Å²) < 4.78 is 27.8. The number of benzene rings is 2. The number of H-pyrrole nitrogens is 1. The van der Waals surface area contributed by atoms with Crippen molar-refractivity contribution in [1.82, 2.24) is 29.8 Å². The van der Waals surface area contributed by atoms with Gasteiger partial charge in [-0.2, -0.15) is 5.10 Å². The largest absolute Gasteiger partial charge is 0.324 e. The molecule has 10 heteroatoms. The van der Waals surface area contributed by atoms with Crippen molar-refractivity contribution in [1.29, 1.82) is 0 Å². The van der Waals surface area contributed by atoms with Gasteiger partial charge < -0.3 is 10.2 Å². The molecule has 4 aromatic rings. The SMILES string of the molecule is O=S(=O)(NCCN1CCCC1)c1ccc(Nc2ncc(/C=C/c3cccc4[nH]ncc34)cn2)cc1. The Morgan fingerprint density at radius 1 is 0.971 bits per heavy atom. The standard InChI is InChI=1S/C25H27N7O2S/c33-35(34,29-12-15-32-13-1-2-14-32)22-10-8-21(9-11-22)30-25-26-16-19(17-27-25)6-7-20-4-3-5-24-23(20)18-28-31-24/h3-11,16-18,29H,1-2,12-15H2,(H,28,31)(H,26,27,30)/b7-6+. The first-order valence-corrected chi connectivity index (χ1v) is 13.1. The summed E-state index contributed by atoms with van der Waals surface area (Å²) in [5, 5.41) is 11.2. The van der Waals surface area contributed by atoms with Gasteiger partial charge in [0, 0.05) is 42.1 Å². The summed E-state index contributed by atoms with van der Waals surface area (Å²) in [6.07, 6.45) is 11.6. The number of aromatic amines is 1. The predicted octanol–water partition coefficient (Wildman–Crippen LogP) is 3.64. The molecule has 0 aliphatic carbocycles. The van der Waals surface area contributed by atoms with Crippen LogP contribution < -0.4 is 10.0 Å². The summed E-state index contributed by atoms with van der Waals surface area (Å²) in [5.74, 6) is 0.429. The molecule has 1 aliphatic rings. The molecule has 1 fully saturated rings. The maximum atomic E-state index is 12.5. The fraction of sp³-hybridized carbons (Fsp3) is 0.240. The lowest BCUT2D eigenvalue weighted by atomic mass is 10.1. The van der Waals surface area contributed by atoms with Crippen molar-refractivity contribution >= 4 is 44.7 Å². The Bertz CT molecular complexity index is 1410. The predicted molar refractivity (Wildman–Crippen MR) is 138 cm³/mol. The van der Waals surface area contributed by atoms with Gasteiger partial charge in [0.1, 0.15) is 0 Å².